The Kier molecular flexibility index (Phi) is 6.32. The summed E-state index contributed by atoms with van der Waals surface area (Å²) in [6, 6.07) is 0. The number of carbonyl (C=O) groups is 1. The van der Waals surface area contributed by atoms with Gasteiger partial charge < -0.3 is 14.9 Å². The molecular weight excluding hydrogens is 344 g/mol. The van der Waals surface area contributed by atoms with Crippen LogP contribution in [0.3, 0.4) is 0 Å². The third-order valence-corrected chi connectivity index (χ3v) is 6.00. The zero-order valence-corrected chi connectivity index (χ0v) is 16.6. The molecule has 3 rings (SSSR count). The molecule has 1 atom stereocenters. The van der Waals surface area contributed by atoms with E-state index in [0.717, 1.165) is 51.7 Å². The molecule has 27 heavy (non-hydrogen) atoms. The molecule has 7 heteroatoms. The fraction of sp³-hybridized carbons (Fsp3) is 0.750. The summed E-state index contributed by atoms with van der Waals surface area (Å²) >= 11 is 0. The van der Waals surface area contributed by atoms with E-state index >= 15 is 0 Å². The van der Waals surface area contributed by atoms with Crippen molar-refractivity contribution in [2.24, 2.45) is 5.92 Å². The highest BCUT2D eigenvalue weighted by Crippen LogP contribution is 2.25. The third kappa shape index (κ3) is 5.17. The molecule has 2 aliphatic heterocycles. The summed E-state index contributed by atoms with van der Waals surface area (Å²) in [6.07, 6.45) is 7.93. The molecule has 2 fully saturated rings. The van der Waals surface area contributed by atoms with Crippen molar-refractivity contribution in [1.82, 2.24) is 19.4 Å². The van der Waals surface area contributed by atoms with Gasteiger partial charge in [-0.15, -0.1) is 0 Å². The summed E-state index contributed by atoms with van der Waals surface area (Å²) in [7, 11) is 0. The number of carbonyl (C=O) groups excluding carboxylic acids is 1. The van der Waals surface area contributed by atoms with Crippen molar-refractivity contribution in [3.05, 3.63) is 28.4 Å². The van der Waals surface area contributed by atoms with E-state index in [1.165, 1.54) is 0 Å². The number of aryl methyl sites for hydroxylation is 1. The van der Waals surface area contributed by atoms with Gasteiger partial charge in [-0.05, 0) is 58.0 Å². The number of hydrogen-bond acceptors (Lipinski definition) is 5. The van der Waals surface area contributed by atoms with E-state index in [1.807, 2.05) is 0 Å². The Bertz CT molecular complexity index is 711. The highest BCUT2D eigenvalue weighted by Gasteiger charge is 2.35. The minimum Gasteiger partial charge on any atom is -0.387 e. The molecular formula is C20H32N4O3. The van der Waals surface area contributed by atoms with Gasteiger partial charge in [0.05, 0.1) is 18.5 Å². The topological polar surface area (TPSA) is 78.7 Å². The molecule has 1 aromatic heterocycles. The zero-order valence-electron chi connectivity index (χ0n) is 16.6. The summed E-state index contributed by atoms with van der Waals surface area (Å²) < 4.78 is 1.72. The molecule has 150 valence electrons. The second kappa shape index (κ2) is 8.52. The molecule has 0 saturated carbocycles. The Hall–Kier alpha value is -1.73. The summed E-state index contributed by atoms with van der Waals surface area (Å²) in [5.74, 6) is 0.506. The normalized spacial score (nSPS) is 25.4. The van der Waals surface area contributed by atoms with Crippen LogP contribution in [0.25, 0.3) is 0 Å². The number of rotatable bonds is 4. The second-order valence-electron chi connectivity index (χ2n) is 8.38. The van der Waals surface area contributed by atoms with Crippen LogP contribution in [-0.4, -0.2) is 68.7 Å². The number of β-amino-alcohol motifs (C(OH)–C–C–N with tert-alkyl or cyclic N) is 1. The van der Waals surface area contributed by atoms with Crippen LogP contribution in [0.5, 0.6) is 0 Å². The first-order valence-corrected chi connectivity index (χ1v) is 10.1. The summed E-state index contributed by atoms with van der Waals surface area (Å²) in [4.78, 5) is 32.2. The lowest BCUT2D eigenvalue weighted by Crippen LogP contribution is -2.52. The number of hydrogen-bond donors (Lipinski definition) is 1. The lowest BCUT2D eigenvalue weighted by molar-refractivity contribution is -0.132. The third-order valence-electron chi connectivity index (χ3n) is 6.00. The molecule has 0 bridgehead atoms. The van der Waals surface area contributed by atoms with Gasteiger partial charge >= 0.3 is 0 Å². The van der Waals surface area contributed by atoms with E-state index in [0.29, 0.717) is 31.1 Å². The number of nitrogens with zero attached hydrogens (tertiary/aromatic N) is 4. The highest BCUT2D eigenvalue weighted by atomic mass is 16.3. The predicted molar refractivity (Wildman–Crippen MR) is 103 cm³/mol. The summed E-state index contributed by atoms with van der Waals surface area (Å²) in [6.45, 7) is 7.73. The largest absolute Gasteiger partial charge is 0.387 e. The van der Waals surface area contributed by atoms with Crippen LogP contribution >= 0.6 is 0 Å². The Morgan fingerprint density at radius 3 is 2.74 bits per heavy atom. The van der Waals surface area contributed by atoms with Gasteiger partial charge in [0.1, 0.15) is 0 Å². The molecule has 2 saturated heterocycles. The molecule has 1 unspecified atom stereocenters. The van der Waals surface area contributed by atoms with E-state index in [2.05, 4.69) is 9.88 Å². The van der Waals surface area contributed by atoms with Crippen molar-refractivity contribution in [2.75, 3.05) is 32.7 Å². The van der Waals surface area contributed by atoms with Crippen LogP contribution in [0.4, 0.5) is 0 Å². The highest BCUT2D eigenvalue weighted by molar-refractivity contribution is 5.73. The van der Waals surface area contributed by atoms with Crippen molar-refractivity contribution < 1.29 is 9.90 Å². The van der Waals surface area contributed by atoms with Crippen molar-refractivity contribution in [3.8, 4) is 0 Å². The standard InChI is InChI=1S/C20H32N4O3/c1-16-11-21-15-24(19(16)26)12-18-5-9-22(10-6-18)13-20(27)7-3-4-8-23(14-20)17(2)25/h11,15,18,27H,3-10,12-14H2,1-2H3. The van der Waals surface area contributed by atoms with Crippen molar-refractivity contribution in [1.29, 1.82) is 0 Å². The number of aromatic nitrogens is 2. The maximum atomic E-state index is 12.2. The molecule has 0 spiro atoms. The fourth-order valence-corrected chi connectivity index (χ4v) is 4.38. The monoisotopic (exact) mass is 376 g/mol. The van der Waals surface area contributed by atoms with Crippen LogP contribution in [0.15, 0.2) is 17.3 Å². The number of piperidine rings is 1. The second-order valence-corrected chi connectivity index (χ2v) is 8.38. The lowest BCUT2D eigenvalue weighted by Gasteiger charge is -2.39. The van der Waals surface area contributed by atoms with Crippen molar-refractivity contribution in [2.45, 2.75) is 58.1 Å². The molecule has 1 amide bonds. The zero-order chi connectivity index (χ0) is 19.4. The fourth-order valence-electron chi connectivity index (χ4n) is 4.38. The minimum atomic E-state index is -0.813. The lowest BCUT2D eigenvalue weighted by atomic mass is 9.92. The maximum absolute atomic E-state index is 12.2. The van der Waals surface area contributed by atoms with Gasteiger partial charge in [-0.3, -0.25) is 14.2 Å². The maximum Gasteiger partial charge on any atom is 0.256 e. The van der Waals surface area contributed by atoms with E-state index in [-0.39, 0.29) is 11.5 Å². The van der Waals surface area contributed by atoms with Crippen LogP contribution in [0.2, 0.25) is 0 Å². The van der Waals surface area contributed by atoms with Crippen LogP contribution < -0.4 is 5.56 Å². The molecule has 0 aromatic carbocycles. The van der Waals surface area contributed by atoms with Gasteiger partial charge in [0.2, 0.25) is 5.91 Å². The Labute approximate surface area is 161 Å². The quantitative estimate of drug-likeness (QED) is 0.849. The number of likely N-dealkylation sites (tertiary alicyclic amines) is 2. The van der Waals surface area contributed by atoms with Gasteiger partial charge in [0.15, 0.2) is 0 Å². The first kappa shape index (κ1) is 20.0. The first-order valence-electron chi connectivity index (χ1n) is 10.1. The van der Waals surface area contributed by atoms with Gasteiger partial charge in [-0.25, -0.2) is 4.98 Å². The van der Waals surface area contributed by atoms with Crippen molar-refractivity contribution in [3.63, 3.8) is 0 Å². The van der Waals surface area contributed by atoms with Gasteiger partial charge in [-0.2, -0.15) is 0 Å². The summed E-state index contributed by atoms with van der Waals surface area (Å²) in [5, 5.41) is 11.1. The van der Waals surface area contributed by atoms with Crippen LogP contribution in [0, 0.1) is 12.8 Å². The van der Waals surface area contributed by atoms with E-state index in [4.69, 9.17) is 0 Å². The Balaban J connectivity index is 1.53. The van der Waals surface area contributed by atoms with E-state index in [1.54, 1.807) is 35.8 Å². The van der Waals surface area contributed by atoms with Gasteiger partial charge in [0.25, 0.3) is 5.56 Å². The number of amides is 1. The Morgan fingerprint density at radius 1 is 1.30 bits per heavy atom. The molecule has 0 aliphatic carbocycles. The molecule has 1 N–H and O–H groups in total. The van der Waals surface area contributed by atoms with Crippen LogP contribution in [0.1, 0.15) is 44.6 Å². The number of aliphatic hydroxyl groups is 1. The van der Waals surface area contributed by atoms with Gasteiger partial charge in [-0.1, -0.05) is 0 Å². The SMILES string of the molecule is CC(=O)N1CCCCC(O)(CN2CCC(Cn3cncc(C)c3=O)CC2)C1. The first-order chi connectivity index (χ1) is 12.9. The van der Waals surface area contributed by atoms with E-state index < -0.39 is 5.60 Å². The van der Waals surface area contributed by atoms with E-state index in [9.17, 15) is 14.7 Å². The summed E-state index contributed by atoms with van der Waals surface area (Å²) in [5.41, 5.74) is -0.0862. The minimum absolute atomic E-state index is 0.0459. The van der Waals surface area contributed by atoms with Crippen LogP contribution in [-0.2, 0) is 11.3 Å². The molecule has 0 radical (unpaired) electrons. The molecule has 3 heterocycles. The molecule has 7 nitrogen and oxygen atoms in total. The Morgan fingerprint density at radius 2 is 2.04 bits per heavy atom. The predicted octanol–water partition coefficient (Wildman–Crippen LogP) is 1.03. The average molecular weight is 377 g/mol. The van der Waals surface area contributed by atoms with Gasteiger partial charge in [0, 0.05) is 38.3 Å². The molecule has 1 aromatic rings. The molecule has 2 aliphatic rings. The van der Waals surface area contributed by atoms with Crippen molar-refractivity contribution >= 4 is 5.91 Å². The smallest absolute Gasteiger partial charge is 0.256 e. The average Bonchev–Trinajstić information content (AvgIpc) is 2.82.